The Kier molecular flexibility index (Phi) is 7.80. The van der Waals surface area contributed by atoms with Gasteiger partial charge in [-0.15, -0.1) is 0 Å². The SMILES string of the molecule is Cc1nc(-c2cnc(OC(C)(C)C)nc2OC(C)(C)C)cc(N2C[C@H](OC(=O)NC(C)C)C(F)(F)C2)n1. The molecule has 1 aliphatic heterocycles. The van der Waals surface area contributed by atoms with E-state index in [1.165, 1.54) is 11.1 Å². The van der Waals surface area contributed by atoms with Crippen LogP contribution in [0.15, 0.2) is 12.3 Å². The number of halogens is 2. The molecule has 0 aliphatic carbocycles. The first kappa shape index (κ1) is 28.3. The Morgan fingerprint density at radius 1 is 1.11 bits per heavy atom. The van der Waals surface area contributed by atoms with Crippen molar-refractivity contribution in [2.45, 2.75) is 91.6 Å². The lowest BCUT2D eigenvalue weighted by Gasteiger charge is -2.24. The molecule has 0 spiro atoms. The van der Waals surface area contributed by atoms with Gasteiger partial charge < -0.3 is 24.4 Å². The number of alkyl halides is 2. The minimum absolute atomic E-state index is 0.139. The van der Waals surface area contributed by atoms with Gasteiger partial charge in [0.1, 0.15) is 22.8 Å². The lowest BCUT2D eigenvalue weighted by atomic mass is 10.1. The molecule has 12 heteroatoms. The molecule has 0 radical (unpaired) electrons. The average molecular weight is 523 g/mol. The van der Waals surface area contributed by atoms with Crippen molar-refractivity contribution >= 4 is 11.9 Å². The van der Waals surface area contributed by atoms with Gasteiger partial charge in [-0.05, 0) is 62.3 Å². The van der Waals surface area contributed by atoms with Crippen molar-refractivity contribution in [3.05, 3.63) is 18.1 Å². The summed E-state index contributed by atoms with van der Waals surface area (Å²) in [6.07, 6.45) is -0.983. The Labute approximate surface area is 216 Å². The minimum Gasteiger partial charge on any atom is -0.471 e. The van der Waals surface area contributed by atoms with E-state index in [1.54, 1.807) is 26.8 Å². The van der Waals surface area contributed by atoms with E-state index in [-0.39, 0.29) is 30.3 Å². The average Bonchev–Trinajstić information content (AvgIpc) is 2.98. The number of nitrogens with zero attached hydrogens (tertiary/aromatic N) is 5. The van der Waals surface area contributed by atoms with Crippen LogP contribution in [-0.2, 0) is 4.74 Å². The van der Waals surface area contributed by atoms with E-state index in [1.807, 2.05) is 41.5 Å². The smallest absolute Gasteiger partial charge is 0.407 e. The van der Waals surface area contributed by atoms with Crippen LogP contribution in [0, 0.1) is 6.92 Å². The van der Waals surface area contributed by atoms with Crippen molar-refractivity contribution in [3.8, 4) is 23.1 Å². The summed E-state index contributed by atoms with van der Waals surface area (Å²) < 4.78 is 46.4. The van der Waals surface area contributed by atoms with Crippen molar-refractivity contribution in [2.75, 3.05) is 18.0 Å². The summed E-state index contributed by atoms with van der Waals surface area (Å²) in [6, 6.07) is 1.47. The second-order valence-electron chi connectivity index (χ2n) is 11.3. The lowest BCUT2D eigenvalue weighted by molar-refractivity contribution is -0.0765. The van der Waals surface area contributed by atoms with Crippen molar-refractivity contribution < 1.29 is 27.8 Å². The van der Waals surface area contributed by atoms with Gasteiger partial charge in [0.15, 0.2) is 6.10 Å². The highest BCUT2D eigenvalue weighted by atomic mass is 19.3. The van der Waals surface area contributed by atoms with Crippen molar-refractivity contribution in [1.82, 2.24) is 25.3 Å². The molecule has 2 aromatic heterocycles. The third kappa shape index (κ3) is 7.83. The summed E-state index contributed by atoms with van der Waals surface area (Å²) >= 11 is 0. The molecule has 37 heavy (non-hydrogen) atoms. The molecule has 3 rings (SSSR count). The second kappa shape index (κ2) is 10.2. The summed E-state index contributed by atoms with van der Waals surface area (Å²) in [6.45, 7) is 15.5. The number of nitrogens with one attached hydrogen (secondary N) is 1. The molecule has 1 atom stereocenters. The van der Waals surface area contributed by atoms with Crippen molar-refractivity contribution in [3.63, 3.8) is 0 Å². The Bertz CT molecular complexity index is 1130. The van der Waals surface area contributed by atoms with Crippen LogP contribution in [-0.4, -0.2) is 68.4 Å². The van der Waals surface area contributed by atoms with Gasteiger partial charge in [0.05, 0.1) is 24.3 Å². The Hall–Kier alpha value is -3.31. The van der Waals surface area contributed by atoms with Crippen molar-refractivity contribution in [1.29, 1.82) is 0 Å². The van der Waals surface area contributed by atoms with Crippen LogP contribution in [0.1, 0.15) is 61.2 Å². The van der Waals surface area contributed by atoms with Crippen molar-refractivity contribution in [2.24, 2.45) is 0 Å². The molecule has 1 N–H and O–H groups in total. The molecule has 204 valence electrons. The summed E-state index contributed by atoms with van der Waals surface area (Å²) in [5.41, 5.74) is -0.261. The van der Waals surface area contributed by atoms with Crippen LogP contribution in [0.25, 0.3) is 11.3 Å². The Balaban J connectivity index is 1.95. The molecule has 1 amide bonds. The van der Waals surface area contributed by atoms with Gasteiger partial charge >= 0.3 is 18.0 Å². The zero-order chi connectivity index (χ0) is 27.8. The van der Waals surface area contributed by atoms with Gasteiger partial charge in [-0.3, -0.25) is 0 Å². The molecule has 10 nitrogen and oxygen atoms in total. The van der Waals surface area contributed by atoms with Crippen LogP contribution in [0.3, 0.4) is 0 Å². The number of amides is 1. The predicted molar refractivity (Wildman–Crippen MR) is 134 cm³/mol. The lowest BCUT2D eigenvalue weighted by Crippen LogP contribution is -2.40. The highest BCUT2D eigenvalue weighted by molar-refractivity contribution is 5.69. The van der Waals surface area contributed by atoms with E-state index < -0.39 is 35.9 Å². The second-order valence-corrected chi connectivity index (χ2v) is 11.3. The number of aromatic nitrogens is 4. The monoisotopic (exact) mass is 522 g/mol. The summed E-state index contributed by atoms with van der Waals surface area (Å²) in [7, 11) is 0. The number of anilines is 1. The highest BCUT2D eigenvalue weighted by Gasteiger charge is 2.51. The molecule has 0 saturated carbocycles. The number of aryl methyl sites for hydroxylation is 1. The molecule has 1 saturated heterocycles. The molecule has 1 fully saturated rings. The summed E-state index contributed by atoms with van der Waals surface area (Å²) in [4.78, 5) is 30.9. The Morgan fingerprint density at radius 2 is 1.76 bits per heavy atom. The first-order chi connectivity index (χ1) is 16.9. The van der Waals surface area contributed by atoms with E-state index >= 15 is 0 Å². The quantitative estimate of drug-likeness (QED) is 0.584. The van der Waals surface area contributed by atoms with Crippen LogP contribution < -0.4 is 19.7 Å². The van der Waals surface area contributed by atoms with Gasteiger partial charge in [0.25, 0.3) is 0 Å². The number of carbonyl (C=O) groups is 1. The Morgan fingerprint density at radius 3 is 2.35 bits per heavy atom. The van der Waals surface area contributed by atoms with E-state index in [0.717, 1.165) is 0 Å². The third-order valence-electron chi connectivity index (χ3n) is 4.87. The number of rotatable bonds is 6. The zero-order valence-corrected chi connectivity index (χ0v) is 22.8. The predicted octanol–water partition coefficient (Wildman–Crippen LogP) is 4.56. The topological polar surface area (TPSA) is 112 Å². The maximum Gasteiger partial charge on any atom is 0.407 e. The van der Waals surface area contributed by atoms with Gasteiger partial charge in [-0.2, -0.15) is 4.98 Å². The fourth-order valence-corrected chi connectivity index (χ4v) is 3.52. The summed E-state index contributed by atoms with van der Waals surface area (Å²) in [5.74, 6) is -2.41. The molecule has 0 aromatic carbocycles. The number of hydrogen-bond donors (Lipinski definition) is 1. The molecule has 0 bridgehead atoms. The highest BCUT2D eigenvalue weighted by Crippen LogP contribution is 2.36. The van der Waals surface area contributed by atoms with Gasteiger partial charge in [0.2, 0.25) is 5.88 Å². The maximum absolute atomic E-state index is 14.8. The number of ether oxygens (including phenoxy) is 3. The largest absolute Gasteiger partial charge is 0.471 e. The minimum atomic E-state index is -3.26. The van der Waals surface area contributed by atoms with Gasteiger partial charge in [-0.1, -0.05) is 0 Å². The van der Waals surface area contributed by atoms with E-state index in [0.29, 0.717) is 17.1 Å². The van der Waals surface area contributed by atoms with E-state index in [2.05, 4.69) is 25.3 Å². The molecule has 3 heterocycles. The molecular weight excluding hydrogens is 486 g/mol. The number of hydrogen-bond acceptors (Lipinski definition) is 9. The standard InChI is InChI=1S/C25H36F2N6O4/c1-14(2)29-22(34)35-18-12-33(13-25(18,26)27)19-10-17(30-15(3)31-19)16-11-28-21(37-24(7,8)9)32-20(16)36-23(4,5)6/h10-11,14,18H,12-13H2,1-9H3,(H,29,34)/t18-/m0/s1. The first-order valence-electron chi connectivity index (χ1n) is 12.1. The van der Waals surface area contributed by atoms with Crippen LogP contribution >= 0.6 is 0 Å². The molecular formula is C25H36F2N6O4. The van der Waals surface area contributed by atoms with Crippen LogP contribution in [0.2, 0.25) is 0 Å². The van der Waals surface area contributed by atoms with E-state index in [4.69, 9.17) is 14.2 Å². The zero-order valence-electron chi connectivity index (χ0n) is 22.8. The van der Waals surface area contributed by atoms with Gasteiger partial charge in [0, 0.05) is 18.3 Å². The fraction of sp³-hybridized carbons (Fsp3) is 0.640. The summed E-state index contributed by atoms with van der Waals surface area (Å²) in [5, 5.41) is 2.47. The normalized spacial score (nSPS) is 17.6. The third-order valence-corrected chi connectivity index (χ3v) is 4.87. The fourth-order valence-electron chi connectivity index (χ4n) is 3.52. The maximum atomic E-state index is 14.8. The molecule has 2 aromatic rings. The number of alkyl carbamates (subject to hydrolysis) is 1. The van der Waals surface area contributed by atoms with Gasteiger partial charge in [-0.25, -0.2) is 28.5 Å². The first-order valence-corrected chi connectivity index (χ1v) is 12.1. The molecule has 1 aliphatic rings. The van der Waals surface area contributed by atoms with Crippen LogP contribution in [0.4, 0.5) is 19.4 Å². The van der Waals surface area contributed by atoms with E-state index in [9.17, 15) is 13.6 Å². The molecule has 0 unspecified atom stereocenters. The number of carbonyl (C=O) groups excluding carboxylic acids is 1. The van der Waals surface area contributed by atoms with Crippen LogP contribution in [0.5, 0.6) is 11.9 Å².